The Morgan fingerprint density at radius 2 is 1.82 bits per heavy atom. The average Bonchev–Trinajstić information content (AvgIpc) is 2.13. The molecule has 0 saturated carbocycles. The van der Waals surface area contributed by atoms with Crippen molar-refractivity contribution in [2.24, 2.45) is 5.73 Å². The fraction of sp³-hybridized carbons (Fsp3) is 0.857. The molecule has 0 atom stereocenters. The number of nitrogens with one attached hydrogen (secondary N) is 2. The maximum absolute atomic E-state index is 11.7. The zero-order valence-electron chi connectivity index (χ0n) is 8.88. The number of halogens is 3. The van der Waals surface area contributed by atoms with Crippen molar-refractivity contribution in [1.29, 1.82) is 0 Å². The van der Waals surface area contributed by atoms with Gasteiger partial charge in [0.15, 0.2) is 0 Å². The van der Waals surface area contributed by atoms with Crippen molar-refractivity contribution in [3.63, 3.8) is 0 Å². The molecule has 0 spiro atoms. The van der Waals surface area contributed by atoms with Crippen LogP contribution in [0, 0.1) is 0 Å². The van der Waals surface area contributed by atoms with Crippen molar-refractivity contribution in [1.82, 2.24) is 9.44 Å². The van der Waals surface area contributed by atoms with Crippen LogP contribution in [-0.4, -0.2) is 32.7 Å². The van der Waals surface area contributed by atoms with E-state index in [0.717, 1.165) is 0 Å². The van der Waals surface area contributed by atoms with Gasteiger partial charge in [-0.1, -0.05) is 12.2 Å². The van der Waals surface area contributed by atoms with Crippen LogP contribution in [-0.2, 0) is 10.2 Å². The van der Waals surface area contributed by atoms with Crippen molar-refractivity contribution < 1.29 is 21.6 Å². The van der Waals surface area contributed by atoms with Crippen molar-refractivity contribution in [2.45, 2.75) is 25.4 Å². The van der Waals surface area contributed by atoms with Gasteiger partial charge in [0.05, 0.1) is 4.99 Å². The highest BCUT2D eigenvalue weighted by Gasteiger charge is 2.29. The van der Waals surface area contributed by atoms with Crippen LogP contribution in [0.25, 0.3) is 0 Å². The standard InChI is InChI=1S/C7H14F3N3O2S2/c8-7(9,10)5-13-17(14,15)12-4-2-1-3-6(11)16/h12-13H,1-5H2,(H2,11,16). The molecule has 4 N–H and O–H groups in total. The molecule has 102 valence electrons. The van der Waals surface area contributed by atoms with E-state index in [1.807, 2.05) is 4.72 Å². The summed E-state index contributed by atoms with van der Waals surface area (Å²) in [4.78, 5) is 0.322. The minimum Gasteiger partial charge on any atom is -0.393 e. The monoisotopic (exact) mass is 293 g/mol. The predicted octanol–water partition coefficient (Wildman–Crippen LogP) is 0.429. The largest absolute Gasteiger partial charge is 0.402 e. The van der Waals surface area contributed by atoms with E-state index in [9.17, 15) is 21.6 Å². The number of unbranched alkanes of at least 4 members (excludes halogenated alkanes) is 1. The summed E-state index contributed by atoms with van der Waals surface area (Å²) in [5, 5.41) is 0. The van der Waals surface area contributed by atoms with Gasteiger partial charge in [-0.3, -0.25) is 0 Å². The maximum Gasteiger partial charge on any atom is 0.402 e. The molecule has 0 heterocycles. The number of hydrogen-bond donors (Lipinski definition) is 3. The lowest BCUT2D eigenvalue weighted by molar-refractivity contribution is -0.121. The van der Waals surface area contributed by atoms with E-state index in [-0.39, 0.29) is 6.54 Å². The molecule has 0 rings (SSSR count). The first kappa shape index (κ1) is 16.6. The van der Waals surface area contributed by atoms with Gasteiger partial charge in [-0.25, -0.2) is 4.72 Å². The van der Waals surface area contributed by atoms with E-state index in [0.29, 0.717) is 24.3 Å². The summed E-state index contributed by atoms with van der Waals surface area (Å²) in [6.07, 6.45) is -3.06. The molecule has 0 aromatic heterocycles. The first-order chi connectivity index (χ1) is 7.62. The van der Waals surface area contributed by atoms with E-state index in [1.54, 1.807) is 0 Å². The highest BCUT2D eigenvalue weighted by Crippen LogP contribution is 2.12. The van der Waals surface area contributed by atoms with Gasteiger partial charge in [-0.15, -0.1) is 0 Å². The van der Waals surface area contributed by atoms with E-state index in [4.69, 9.17) is 5.73 Å². The van der Waals surface area contributed by atoms with Crippen LogP contribution in [0.15, 0.2) is 0 Å². The average molecular weight is 293 g/mol. The predicted molar refractivity (Wildman–Crippen MR) is 61.6 cm³/mol. The highest BCUT2D eigenvalue weighted by molar-refractivity contribution is 7.87. The third kappa shape index (κ3) is 11.8. The van der Waals surface area contributed by atoms with Crippen LogP contribution in [0.3, 0.4) is 0 Å². The molecule has 0 unspecified atom stereocenters. The molecule has 0 bridgehead atoms. The summed E-state index contributed by atoms with van der Waals surface area (Å²) in [7, 11) is -4.10. The van der Waals surface area contributed by atoms with Gasteiger partial charge in [0.2, 0.25) is 0 Å². The Morgan fingerprint density at radius 1 is 1.24 bits per heavy atom. The molecule has 5 nitrogen and oxygen atoms in total. The smallest absolute Gasteiger partial charge is 0.393 e. The van der Waals surface area contributed by atoms with Gasteiger partial charge in [-0.2, -0.15) is 26.3 Å². The summed E-state index contributed by atoms with van der Waals surface area (Å²) >= 11 is 4.60. The van der Waals surface area contributed by atoms with Crippen LogP contribution in [0.4, 0.5) is 13.2 Å². The van der Waals surface area contributed by atoms with Gasteiger partial charge >= 0.3 is 6.18 Å². The lowest BCUT2D eigenvalue weighted by Gasteiger charge is -2.10. The third-order valence-electron chi connectivity index (χ3n) is 1.60. The fourth-order valence-corrected chi connectivity index (χ4v) is 1.87. The van der Waals surface area contributed by atoms with Crippen molar-refractivity contribution in [3.05, 3.63) is 0 Å². The Hall–Kier alpha value is -0.450. The second-order valence-electron chi connectivity index (χ2n) is 3.26. The zero-order valence-corrected chi connectivity index (χ0v) is 10.5. The molecule has 0 aliphatic heterocycles. The van der Waals surface area contributed by atoms with E-state index in [1.165, 1.54) is 4.72 Å². The summed E-state index contributed by atoms with van der Waals surface area (Å²) in [5.41, 5.74) is 5.21. The van der Waals surface area contributed by atoms with Crippen molar-refractivity contribution >= 4 is 27.4 Å². The lowest BCUT2D eigenvalue weighted by Crippen LogP contribution is -2.41. The molecule has 17 heavy (non-hydrogen) atoms. The molecular weight excluding hydrogens is 279 g/mol. The quantitative estimate of drug-likeness (QED) is 0.447. The summed E-state index contributed by atoms with van der Waals surface area (Å²) in [5.74, 6) is 0. The first-order valence-electron chi connectivity index (χ1n) is 4.72. The number of thiocarbonyl (C=S) groups is 1. The second-order valence-corrected chi connectivity index (χ2v) is 5.37. The van der Waals surface area contributed by atoms with Gasteiger partial charge in [-0.05, 0) is 19.3 Å². The molecule has 0 aromatic carbocycles. The van der Waals surface area contributed by atoms with Gasteiger partial charge < -0.3 is 5.73 Å². The van der Waals surface area contributed by atoms with Gasteiger partial charge in [0.25, 0.3) is 10.2 Å². The molecule has 0 radical (unpaired) electrons. The highest BCUT2D eigenvalue weighted by atomic mass is 32.2. The third-order valence-corrected chi connectivity index (χ3v) is 2.92. The lowest BCUT2D eigenvalue weighted by atomic mass is 10.2. The first-order valence-corrected chi connectivity index (χ1v) is 6.61. The van der Waals surface area contributed by atoms with Crippen LogP contribution in [0.5, 0.6) is 0 Å². The molecule has 10 heteroatoms. The topological polar surface area (TPSA) is 84.2 Å². The van der Waals surface area contributed by atoms with Crippen LogP contribution >= 0.6 is 12.2 Å². The SMILES string of the molecule is NC(=S)CCCCNS(=O)(=O)NCC(F)(F)F. The van der Waals surface area contributed by atoms with Gasteiger partial charge in [0.1, 0.15) is 6.54 Å². The van der Waals surface area contributed by atoms with Crippen LogP contribution in [0.1, 0.15) is 19.3 Å². The Morgan fingerprint density at radius 3 is 2.29 bits per heavy atom. The maximum atomic E-state index is 11.7. The Labute approximate surface area is 103 Å². The van der Waals surface area contributed by atoms with Crippen LogP contribution < -0.4 is 15.2 Å². The normalized spacial score (nSPS) is 12.6. The fourth-order valence-electron chi connectivity index (χ4n) is 0.859. The molecule has 0 amide bonds. The number of alkyl halides is 3. The van der Waals surface area contributed by atoms with E-state index >= 15 is 0 Å². The zero-order chi connectivity index (χ0) is 13.5. The van der Waals surface area contributed by atoms with Crippen molar-refractivity contribution in [3.8, 4) is 0 Å². The molecule has 0 aliphatic rings. The molecule has 0 fully saturated rings. The number of nitrogens with two attached hydrogens (primary N) is 1. The summed E-state index contributed by atoms with van der Waals surface area (Å²) in [6, 6.07) is 0. The van der Waals surface area contributed by atoms with E-state index in [2.05, 4.69) is 12.2 Å². The Kier molecular flexibility index (Phi) is 6.90. The summed E-state index contributed by atoms with van der Waals surface area (Å²) < 4.78 is 60.6. The number of hydrogen-bond acceptors (Lipinski definition) is 3. The minimum absolute atomic E-state index is 0.0375. The molecular formula is C7H14F3N3O2S2. The Bertz CT molecular complexity index is 343. The summed E-state index contributed by atoms with van der Waals surface area (Å²) in [6.45, 7) is -1.55. The second kappa shape index (κ2) is 7.09. The van der Waals surface area contributed by atoms with Crippen molar-refractivity contribution in [2.75, 3.05) is 13.1 Å². The minimum atomic E-state index is -4.57. The van der Waals surface area contributed by atoms with Crippen LogP contribution in [0.2, 0.25) is 0 Å². The Balaban J connectivity index is 3.76. The van der Waals surface area contributed by atoms with E-state index < -0.39 is 22.9 Å². The molecule has 0 aliphatic carbocycles. The van der Waals surface area contributed by atoms with Gasteiger partial charge in [0, 0.05) is 6.54 Å². The number of rotatable bonds is 8. The molecule has 0 aromatic rings. The molecule has 0 saturated heterocycles.